The molecule has 0 spiro atoms. The van der Waals surface area contributed by atoms with E-state index in [2.05, 4.69) is 97.8 Å². The zero-order valence-electron chi connectivity index (χ0n) is 34.3. The van der Waals surface area contributed by atoms with Gasteiger partial charge < -0.3 is 37.5 Å². The number of carbonyl (C=O) groups excluding carboxylic acids is 1. The number of thiophene rings is 3. The van der Waals surface area contributed by atoms with E-state index in [0.717, 1.165) is 50.4 Å². The third-order valence-corrected chi connectivity index (χ3v) is 12.3. The summed E-state index contributed by atoms with van der Waals surface area (Å²) in [5.41, 5.74) is -6.50. The maximum absolute atomic E-state index is 10.7. The van der Waals surface area contributed by atoms with E-state index in [4.69, 9.17) is 54.4 Å². The van der Waals surface area contributed by atoms with Gasteiger partial charge in [-0.3, -0.25) is 4.79 Å². The van der Waals surface area contributed by atoms with Gasteiger partial charge in [-0.05, 0) is 24.3 Å². The lowest BCUT2D eigenvalue weighted by Gasteiger charge is -2.15. The standard InChI is InChI=1S/C22H20NO4S2.C8H12N.C7H6O3S.2CHF3O3S/c1-23-15(5-7-19-21-17(13-28-19)24-9-11-26-21)3-2-4-16(23)6-8-20-22-18(14-29-20)25-10-12-27-22;1-7-5-4-6-8(2)9(7)3;8-3-6-7-5(4-11-6)9-1-2-10-7;2*2-1(3,4)8(5,6)7/h2-8,13-14H,9-12H2,1H3;4-6H,1-3H3;3-4H,1-2H2;2*(H,5,6,7)/q2*+1;;;/p-2/b7-5+,8-6+;;;;. The Morgan fingerprint density at radius 1 is 0.538 bits per heavy atom. The molecule has 0 bridgehead atoms. The average molecular weight is 1020 g/mol. The van der Waals surface area contributed by atoms with Gasteiger partial charge in [-0.2, -0.15) is 30.9 Å². The molecule has 26 heteroatoms. The van der Waals surface area contributed by atoms with Crippen molar-refractivity contribution in [1.29, 1.82) is 0 Å². The van der Waals surface area contributed by atoms with Gasteiger partial charge in [0.25, 0.3) is 0 Å². The van der Waals surface area contributed by atoms with Gasteiger partial charge in [0, 0.05) is 66.4 Å². The summed E-state index contributed by atoms with van der Waals surface area (Å²) in [5, 5.41) is 5.79. The number of aryl methyl sites for hydroxylation is 2. The molecule has 0 saturated heterocycles. The third-order valence-electron chi connectivity index (χ3n) is 8.51. The first-order chi connectivity index (χ1) is 30.4. The fraction of sp³-hybridized carbons (Fsp3) is 0.308. The Morgan fingerprint density at radius 2 is 0.846 bits per heavy atom. The summed E-state index contributed by atoms with van der Waals surface area (Å²) in [6, 6.07) is 12.5. The van der Waals surface area contributed by atoms with Crippen LogP contribution in [0.5, 0.6) is 34.5 Å². The number of nitrogens with zero attached hydrogens (tertiary/aromatic N) is 2. The van der Waals surface area contributed by atoms with Crippen LogP contribution in [0.1, 0.15) is 42.2 Å². The van der Waals surface area contributed by atoms with Crippen LogP contribution < -0.4 is 37.6 Å². The van der Waals surface area contributed by atoms with Gasteiger partial charge in [-0.15, -0.1) is 34.0 Å². The minimum atomic E-state index is -6.09. The van der Waals surface area contributed by atoms with Crippen molar-refractivity contribution in [1.82, 2.24) is 0 Å². The predicted octanol–water partition coefficient (Wildman–Crippen LogP) is 7.08. The van der Waals surface area contributed by atoms with Crippen LogP contribution in [0, 0.1) is 13.8 Å². The highest BCUT2D eigenvalue weighted by atomic mass is 32.2. The first-order valence-corrected chi connectivity index (χ1v) is 23.8. The maximum atomic E-state index is 10.7. The van der Waals surface area contributed by atoms with Gasteiger partial charge in [0.2, 0.25) is 11.4 Å². The molecule has 0 atom stereocenters. The Hall–Kier alpha value is -5.25. The highest BCUT2D eigenvalue weighted by molar-refractivity contribution is 7.86. The fourth-order valence-corrected chi connectivity index (χ4v) is 7.44. The molecule has 3 aliphatic heterocycles. The molecular formula is C39H38F6N2O13S5. The lowest BCUT2D eigenvalue weighted by molar-refractivity contribution is -0.683. The molecule has 0 amide bonds. The number of carbonyl (C=O) groups is 1. The van der Waals surface area contributed by atoms with E-state index in [1.807, 2.05) is 10.8 Å². The largest absolute Gasteiger partial charge is 0.741 e. The van der Waals surface area contributed by atoms with E-state index in [9.17, 15) is 31.1 Å². The monoisotopic (exact) mass is 1020 g/mol. The molecule has 65 heavy (non-hydrogen) atoms. The SMILES string of the molecule is C[n+]1c(/C=C/c2scc3c2OCCO3)cccc1/C=C/c1scc2c1OCCO2.Cc1cccc(C)[n+]1C.O=Cc1scc2c1OCCO2.O=S(=O)([O-])C(F)(F)F.O=S(=O)([O-])C(F)(F)F. The summed E-state index contributed by atoms with van der Waals surface area (Å²) in [6.45, 7) is 7.73. The summed E-state index contributed by atoms with van der Waals surface area (Å²) in [4.78, 5) is 13.2. The quantitative estimate of drug-likeness (QED) is 0.0571. The number of aromatic nitrogens is 2. The van der Waals surface area contributed by atoms with E-state index >= 15 is 0 Å². The number of fused-ring (bicyclic) bond motifs is 3. The second-order valence-corrected chi connectivity index (χ2v) is 18.3. The van der Waals surface area contributed by atoms with Crippen molar-refractivity contribution in [2.45, 2.75) is 24.9 Å². The Bertz CT molecular complexity index is 2550. The topological polar surface area (TPSA) is 195 Å². The molecule has 8 rings (SSSR count). The van der Waals surface area contributed by atoms with Gasteiger partial charge >= 0.3 is 11.0 Å². The van der Waals surface area contributed by atoms with Gasteiger partial charge in [-0.1, -0.05) is 0 Å². The summed E-state index contributed by atoms with van der Waals surface area (Å²) in [6.07, 6.45) is 9.17. The number of alkyl halides is 6. The molecule has 0 saturated carbocycles. The fourth-order valence-electron chi connectivity index (χ4n) is 5.06. The van der Waals surface area contributed by atoms with Crippen LogP contribution >= 0.6 is 34.0 Å². The highest BCUT2D eigenvalue weighted by Gasteiger charge is 2.37. The summed E-state index contributed by atoms with van der Waals surface area (Å²) < 4.78 is 155. The zero-order valence-corrected chi connectivity index (χ0v) is 38.4. The number of ether oxygens (including phenoxy) is 6. The molecule has 5 aromatic rings. The number of aldehydes is 1. The number of hydrogen-bond donors (Lipinski definition) is 0. The Kier molecular flexibility index (Phi) is 18.4. The van der Waals surface area contributed by atoms with Crippen molar-refractivity contribution in [2.75, 3.05) is 39.6 Å². The molecule has 3 aliphatic rings. The van der Waals surface area contributed by atoms with E-state index in [1.165, 1.54) is 22.7 Å². The van der Waals surface area contributed by atoms with E-state index in [-0.39, 0.29) is 0 Å². The molecule has 0 radical (unpaired) electrons. The number of rotatable bonds is 5. The smallest absolute Gasteiger partial charge is 0.485 e. The van der Waals surface area contributed by atoms with Crippen molar-refractivity contribution in [3.63, 3.8) is 0 Å². The maximum Gasteiger partial charge on any atom is 0.485 e. The van der Waals surface area contributed by atoms with Crippen LogP contribution in [0.4, 0.5) is 26.3 Å². The number of halogens is 6. The van der Waals surface area contributed by atoms with Crippen molar-refractivity contribution in [2.24, 2.45) is 14.1 Å². The zero-order chi connectivity index (χ0) is 48.2. The van der Waals surface area contributed by atoms with E-state index in [1.54, 1.807) is 28.1 Å². The molecule has 5 aromatic heterocycles. The van der Waals surface area contributed by atoms with Crippen LogP contribution in [0.25, 0.3) is 24.3 Å². The van der Waals surface area contributed by atoms with Crippen molar-refractivity contribution < 1.29 is 94.6 Å². The van der Waals surface area contributed by atoms with Gasteiger partial charge in [0.1, 0.15) is 58.6 Å². The first kappa shape index (κ1) is 52.4. The second-order valence-electron chi connectivity index (χ2n) is 12.9. The lowest BCUT2D eigenvalue weighted by Crippen LogP contribution is -2.35. The number of hydrogen-bond acceptors (Lipinski definition) is 16. The number of pyridine rings is 2. The highest BCUT2D eigenvalue weighted by Crippen LogP contribution is 2.41. The molecule has 354 valence electrons. The van der Waals surface area contributed by atoms with Gasteiger partial charge in [0.05, 0.1) is 9.75 Å². The summed E-state index contributed by atoms with van der Waals surface area (Å²) in [7, 11) is -8.04. The van der Waals surface area contributed by atoms with E-state index < -0.39 is 31.3 Å². The summed E-state index contributed by atoms with van der Waals surface area (Å²) >= 11 is 4.61. The lowest BCUT2D eigenvalue weighted by atomic mass is 10.2. The molecule has 8 heterocycles. The molecule has 0 unspecified atom stereocenters. The predicted molar refractivity (Wildman–Crippen MR) is 225 cm³/mol. The minimum absolute atomic E-state index is 0.532. The molecule has 0 aromatic carbocycles. The molecule has 0 N–H and O–H groups in total. The van der Waals surface area contributed by atoms with Gasteiger partial charge in [0.15, 0.2) is 72.4 Å². The third kappa shape index (κ3) is 14.9. The molecule has 0 fully saturated rings. The van der Waals surface area contributed by atoms with Gasteiger partial charge in [-0.25, -0.2) is 21.4 Å². The van der Waals surface area contributed by atoms with Crippen LogP contribution in [-0.2, 0) is 34.3 Å². The van der Waals surface area contributed by atoms with E-state index in [0.29, 0.717) is 56.0 Å². The summed E-state index contributed by atoms with van der Waals surface area (Å²) in [5.74, 6) is 4.68. The second kappa shape index (κ2) is 22.8. The van der Waals surface area contributed by atoms with Crippen LogP contribution in [-0.4, -0.2) is 82.9 Å². The van der Waals surface area contributed by atoms with Crippen molar-refractivity contribution in [3.8, 4) is 34.5 Å². The minimum Gasteiger partial charge on any atom is -0.741 e. The molecule has 0 aliphatic carbocycles. The van der Waals surface area contributed by atoms with Crippen LogP contribution in [0.3, 0.4) is 0 Å². The van der Waals surface area contributed by atoms with Crippen LogP contribution in [0.15, 0.2) is 52.5 Å². The Balaban J connectivity index is 0.000000210. The molecule has 15 nitrogen and oxygen atoms in total. The van der Waals surface area contributed by atoms with Crippen molar-refractivity contribution >= 4 is 84.8 Å². The Labute approximate surface area is 380 Å². The Morgan fingerprint density at radius 3 is 1.17 bits per heavy atom. The average Bonchev–Trinajstić information content (AvgIpc) is 3.98. The molecular weight excluding hydrogens is 979 g/mol. The first-order valence-electron chi connectivity index (χ1n) is 18.3. The van der Waals surface area contributed by atoms with Crippen LogP contribution in [0.2, 0.25) is 0 Å². The normalized spacial score (nSPS) is 14.1. The van der Waals surface area contributed by atoms with Crippen molar-refractivity contribution in [3.05, 3.63) is 89.9 Å².